The van der Waals surface area contributed by atoms with Crippen LogP contribution in [0.4, 0.5) is 22.9 Å². The molecule has 5 nitrogen and oxygen atoms in total. The van der Waals surface area contributed by atoms with Gasteiger partial charge in [-0.15, -0.1) is 0 Å². The molecule has 0 saturated carbocycles. The van der Waals surface area contributed by atoms with Crippen LogP contribution < -0.4 is 16.4 Å². The second-order valence-corrected chi connectivity index (χ2v) is 4.59. The van der Waals surface area contributed by atoms with Crippen molar-refractivity contribution in [3.8, 4) is 0 Å². The fourth-order valence-electron chi connectivity index (χ4n) is 2.10. The van der Waals surface area contributed by atoms with E-state index >= 15 is 0 Å². The Bertz CT molecular complexity index is 666. The molecule has 96 valence electrons. The molecule has 2 aromatic rings. The van der Waals surface area contributed by atoms with Crippen molar-refractivity contribution in [3.63, 3.8) is 0 Å². The Morgan fingerprint density at radius 1 is 1.32 bits per heavy atom. The third-order valence-corrected chi connectivity index (χ3v) is 3.13. The van der Waals surface area contributed by atoms with Crippen LogP contribution in [0.25, 0.3) is 0 Å². The van der Waals surface area contributed by atoms with Gasteiger partial charge in [0.2, 0.25) is 5.91 Å². The molecule has 0 aliphatic carbocycles. The maximum absolute atomic E-state index is 11.3. The van der Waals surface area contributed by atoms with Gasteiger partial charge in [0.25, 0.3) is 0 Å². The Kier molecular flexibility index (Phi) is 2.59. The van der Waals surface area contributed by atoms with Gasteiger partial charge in [0, 0.05) is 11.4 Å². The normalized spacial score (nSPS) is 13.0. The van der Waals surface area contributed by atoms with Gasteiger partial charge < -0.3 is 16.4 Å². The molecule has 19 heavy (non-hydrogen) atoms. The molecule has 1 aliphatic heterocycles. The lowest BCUT2D eigenvalue weighted by molar-refractivity contribution is -0.115. The third-order valence-electron chi connectivity index (χ3n) is 3.13. The number of aromatic nitrogens is 1. The summed E-state index contributed by atoms with van der Waals surface area (Å²) < 4.78 is 0. The number of rotatable bonds is 2. The zero-order valence-electron chi connectivity index (χ0n) is 10.5. The van der Waals surface area contributed by atoms with E-state index < -0.39 is 0 Å². The van der Waals surface area contributed by atoms with Crippen LogP contribution in [0.3, 0.4) is 0 Å². The number of nitrogens with one attached hydrogen (secondary N) is 2. The first-order valence-corrected chi connectivity index (χ1v) is 6.05. The van der Waals surface area contributed by atoms with Crippen molar-refractivity contribution in [2.24, 2.45) is 0 Å². The third kappa shape index (κ3) is 2.22. The zero-order valence-corrected chi connectivity index (χ0v) is 10.5. The second-order valence-electron chi connectivity index (χ2n) is 4.59. The maximum Gasteiger partial charge on any atom is 0.228 e. The van der Waals surface area contributed by atoms with Crippen molar-refractivity contribution in [2.75, 3.05) is 16.4 Å². The quantitative estimate of drug-likeness (QED) is 0.767. The summed E-state index contributed by atoms with van der Waals surface area (Å²) >= 11 is 0. The van der Waals surface area contributed by atoms with Crippen LogP contribution in [0.1, 0.15) is 11.3 Å². The smallest absolute Gasteiger partial charge is 0.228 e. The number of hydrogen-bond acceptors (Lipinski definition) is 4. The van der Waals surface area contributed by atoms with E-state index in [4.69, 9.17) is 5.73 Å². The predicted octanol–water partition coefficient (Wildman–Crippen LogP) is 2.21. The molecule has 0 fully saturated rings. The summed E-state index contributed by atoms with van der Waals surface area (Å²) in [5.74, 6) is 0.775. The molecule has 1 aromatic carbocycles. The molecule has 0 saturated heterocycles. The van der Waals surface area contributed by atoms with E-state index in [9.17, 15) is 4.79 Å². The number of aryl methyl sites for hydroxylation is 1. The number of nitrogens with zero attached hydrogens (tertiary/aromatic N) is 1. The first kappa shape index (κ1) is 11.5. The SMILES string of the molecule is Cc1nc(Nc2ccc3c(c2)CC(=O)N3)ccc1N. The minimum atomic E-state index is 0.0357. The van der Waals surface area contributed by atoms with Crippen molar-refractivity contribution in [1.29, 1.82) is 0 Å². The van der Waals surface area contributed by atoms with E-state index in [1.165, 1.54) is 0 Å². The summed E-state index contributed by atoms with van der Waals surface area (Å²) in [5, 5.41) is 6.02. The number of carbonyl (C=O) groups is 1. The van der Waals surface area contributed by atoms with Gasteiger partial charge in [-0.1, -0.05) is 0 Å². The van der Waals surface area contributed by atoms with Crippen LogP contribution in [0.5, 0.6) is 0 Å². The second kappa shape index (κ2) is 4.28. The average Bonchev–Trinajstić information content (AvgIpc) is 2.73. The molecule has 3 rings (SSSR count). The summed E-state index contributed by atoms with van der Waals surface area (Å²) in [6, 6.07) is 9.42. The standard InChI is InChI=1S/C14H14N4O/c1-8-11(15)3-5-13(16-8)17-10-2-4-12-9(6-10)7-14(19)18-12/h2-6H,7,15H2,1H3,(H,16,17)(H,18,19). The van der Waals surface area contributed by atoms with Crippen molar-refractivity contribution < 1.29 is 4.79 Å². The largest absolute Gasteiger partial charge is 0.397 e. The maximum atomic E-state index is 11.3. The molecular formula is C14H14N4O. The molecule has 0 spiro atoms. The fourth-order valence-corrected chi connectivity index (χ4v) is 2.10. The summed E-state index contributed by atoms with van der Waals surface area (Å²) in [4.78, 5) is 15.7. The lowest BCUT2D eigenvalue weighted by Crippen LogP contribution is -2.03. The Hall–Kier alpha value is -2.56. The molecule has 4 N–H and O–H groups in total. The molecule has 1 amide bonds. The van der Waals surface area contributed by atoms with Gasteiger partial charge in [0.15, 0.2) is 0 Å². The number of nitrogen functional groups attached to an aromatic ring is 1. The van der Waals surface area contributed by atoms with Crippen LogP contribution in [-0.4, -0.2) is 10.9 Å². The highest BCUT2D eigenvalue weighted by Gasteiger charge is 2.17. The summed E-state index contributed by atoms with van der Waals surface area (Å²) in [5.41, 5.74) is 10.0. The number of nitrogens with two attached hydrogens (primary N) is 1. The lowest BCUT2D eigenvalue weighted by Gasteiger charge is -2.09. The molecule has 5 heteroatoms. The molecule has 2 heterocycles. The van der Waals surface area contributed by atoms with Gasteiger partial charge >= 0.3 is 0 Å². The first-order chi connectivity index (χ1) is 9.11. The van der Waals surface area contributed by atoms with Crippen LogP contribution in [0, 0.1) is 6.92 Å². The number of benzene rings is 1. The van der Waals surface area contributed by atoms with Gasteiger partial charge in [0.1, 0.15) is 5.82 Å². The van der Waals surface area contributed by atoms with Crippen molar-refractivity contribution in [1.82, 2.24) is 4.98 Å². The number of pyridine rings is 1. The van der Waals surface area contributed by atoms with E-state index in [0.29, 0.717) is 12.1 Å². The van der Waals surface area contributed by atoms with Gasteiger partial charge in [-0.2, -0.15) is 0 Å². The van der Waals surface area contributed by atoms with Gasteiger partial charge in [-0.3, -0.25) is 4.79 Å². The van der Waals surface area contributed by atoms with Crippen molar-refractivity contribution in [3.05, 3.63) is 41.6 Å². The summed E-state index contributed by atoms with van der Waals surface area (Å²) in [6.07, 6.45) is 0.430. The number of amides is 1. The summed E-state index contributed by atoms with van der Waals surface area (Å²) in [6.45, 7) is 1.87. The number of anilines is 4. The molecule has 1 aromatic heterocycles. The van der Waals surface area contributed by atoms with Crippen molar-refractivity contribution >= 4 is 28.8 Å². The lowest BCUT2D eigenvalue weighted by atomic mass is 10.1. The summed E-state index contributed by atoms with van der Waals surface area (Å²) in [7, 11) is 0. The Morgan fingerprint density at radius 2 is 2.16 bits per heavy atom. The van der Waals surface area contributed by atoms with Crippen LogP contribution in [-0.2, 0) is 11.2 Å². The topological polar surface area (TPSA) is 80.0 Å². The van der Waals surface area contributed by atoms with E-state index in [2.05, 4.69) is 15.6 Å². The van der Waals surface area contributed by atoms with E-state index in [0.717, 1.165) is 28.5 Å². The molecule has 1 aliphatic rings. The number of carbonyl (C=O) groups excluding carboxylic acids is 1. The molecule has 0 bridgehead atoms. The minimum Gasteiger partial charge on any atom is -0.397 e. The van der Waals surface area contributed by atoms with E-state index in [-0.39, 0.29) is 5.91 Å². The van der Waals surface area contributed by atoms with E-state index in [1.807, 2.05) is 37.3 Å². The first-order valence-electron chi connectivity index (χ1n) is 6.05. The average molecular weight is 254 g/mol. The highest BCUT2D eigenvalue weighted by molar-refractivity contribution is 5.99. The number of hydrogen-bond donors (Lipinski definition) is 3. The van der Waals surface area contributed by atoms with Crippen LogP contribution in [0.15, 0.2) is 30.3 Å². The van der Waals surface area contributed by atoms with E-state index in [1.54, 1.807) is 0 Å². The highest BCUT2D eigenvalue weighted by Crippen LogP contribution is 2.27. The highest BCUT2D eigenvalue weighted by atomic mass is 16.1. The molecular weight excluding hydrogens is 240 g/mol. The monoisotopic (exact) mass is 254 g/mol. The Balaban J connectivity index is 1.86. The Morgan fingerprint density at radius 3 is 2.95 bits per heavy atom. The van der Waals surface area contributed by atoms with Gasteiger partial charge in [-0.25, -0.2) is 4.98 Å². The minimum absolute atomic E-state index is 0.0357. The fraction of sp³-hybridized carbons (Fsp3) is 0.143. The predicted molar refractivity (Wildman–Crippen MR) is 75.4 cm³/mol. The number of fused-ring (bicyclic) bond motifs is 1. The van der Waals surface area contributed by atoms with Crippen molar-refractivity contribution in [2.45, 2.75) is 13.3 Å². The van der Waals surface area contributed by atoms with Gasteiger partial charge in [0.05, 0.1) is 17.8 Å². The zero-order chi connectivity index (χ0) is 13.4. The molecule has 0 atom stereocenters. The molecule has 0 unspecified atom stereocenters. The van der Waals surface area contributed by atoms with Crippen LogP contribution in [0.2, 0.25) is 0 Å². The Labute approximate surface area is 110 Å². The molecule has 0 radical (unpaired) electrons. The van der Waals surface area contributed by atoms with Gasteiger partial charge in [-0.05, 0) is 42.8 Å². The van der Waals surface area contributed by atoms with Crippen LogP contribution >= 0.6 is 0 Å².